The number of non-ortho nitro benzene ring substituents is 1. The number of amides is 1. The van der Waals surface area contributed by atoms with Gasteiger partial charge < -0.3 is 13.9 Å². The lowest BCUT2D eigenvalue weighted by atomic mass is 10.2. The van der Waals surface area contributed by atoms with Crippen molar-refractivity contribution in [3.05, 3.63) is 62.9 Å². The zero-order valence-electron chi connectivity index (χ0n) is 15.5. The molecule has 0 radical (unpaired) electrons. The van der Waals surface area contributed by atoms with Crippen LogP contribution in [0.3, 0.4) is 0 Å². The summed E-state index contributed by atoms with van der Waals surface area (Å²) < 4.78 is 16.1. The molecule has 0 aliphatic rings. The Labute approximate surface area is 170 Å². The van der Waals surface area contributed by atoms with Gasteiger partial charge in [-0.2, -0.15) is 5.10 Å². The topological polar surface area (TPSA) is 116 Å². The molecule has 0 aliphatic carbocycles. The fourth-order valence-corrected chi connectivity index (χ4v) is 2.75. The molecule has 0 aliphatic heterocycles. The summed E-state index contributed by atoms with van der Waals surface area (Å²) in [4.78, 5) is 22.6. The van der Waals surface area contributed by atoms with Crippen LogP contribution in [0.2, 0.25) is 5.02 Å². The van der Waals surface area contributed by atoms with Crippen LogP contribution in [0, 0.1) is 10.1 Å². The van der Waals surface area contributed by atoms with Crippen molar-refractivity contribution in [2.75, 3.05) is 13.7 Å². The third-order valence-corrected chi connectivity index (χ3v) is 4.21. The first-order chi connectivity index (χ1) is 13.9. The molecular weight excluding hydrogens is 402 g/mol. The van der Waals surface area contributed by atoms with Crippen molar-refractivity contribution in [1.82, 2.24) is 5.43 Å². The van der Waals surface area contributed by atoms with Crippen molar-refractivity contribution in [1.29, 1.82) is 0 Å². The smallest absolute Gasteiger partial charge is 0.307 e. The van der Waals surface area contributed by atoms with Crippen LogP contribution in [0.25, 0.3) is 11.0 Å². The second-order valence-electron chi connectivity index (χ2n) is 5.75. The van der Waals surface area contributed by atoms with Crippen molar-refractivity contribution in [3.63, 3.8) is 0 Å². The van der Waals surface area contributed by atoms with E-state index >= 15 is 0 Å². The Kier molecular flexibility index (Phi) is 5.99. The van der Waals surface area contributed by atoms with E-state index in [0.29, 0.717) is 39.7 Å². The highest BCUT2D eigenvalue weighted by atomic mass is 35.5. The highest BCUT2D eigenvalue weighted by Crippen LogP contribution is 2.32. The van der Waals surface area contributed by atoms with E-state index < -0.39 is 10.8 Å². The van der Waals surface area contributed by atoms with E-state index in [2.05, 4.69) is 10.5 Å². The zero-order chi connectivity index (χ0) is 21.0. The van der Waals surface area contributed by atoms with Gasteiger partial charge >= 0.3 is 5.91 Å². The van der Waals surface area contributed by atoms with Gasteiger partial charge in [-0.15, -0.1) is 0 Å². The maximum absolute atomic E-state index is 12.2. The Morgan fingerprint density at radius 3 is 2.79 bits per heavy atom. The van der Waals surface area contributed by atoms with Gasteiger partial charge in [0.2, 0.25) is 0 Å². The van der Waals surface area contributed by atoms with Gasteiger partial charge in [-0.3, -0.25) is 14.9 Å². The largest absolute Gasteiger partial charge is 0.493 e. The van der Waals surface area contributed by atoms with Gasteiger partial charge in [0.15, 0.2) is 17.3 Å². The third kappa shape index (κ3) is 4.46. The molecule has 3 rings (SSSR count). The number of ether oxygens (including phenoxy) is 2. The lowest BCUT2D eigenvalue weighted by Crippen LogP contribution is -2.16. The van der Waals surface area contributed by atoms with E-state index in [1.165, 1.54) is 37.6 Å². The summed E-state index contributed by atoms with van der Waals surface area (Å²) in [6, 6.07) is 8.68. The van der Waals surface area contributed by atoms with Crippen LogP contribution < -0.4 is 14.9 Å². The number of hydrogen-bond acceptors (Lipinski definition) is 7. The van der Waals surface area contributed by atoms with Crippen molar-refractivity contribution in [2.24, 2.45) is 5.10 Å². The number of fused-ring (bicyclic) bond motifs is 1. The van der Waals surface area contributed by atoms with Crippen molar-refractivity contribution in [2.45, 2.75) is 6.92 Å². The molecule has 1 aromatic heterocycles. The van der Waals surface area contributed by atoms with Crippen LogP contribution in [0.1, 0.15) is 23.0 Å². The summed E-state index contributed by atoms with van der Waals surface area (Å²) in [6.07, 6.45) is 1.36. The van der Waals surface area contributed by atoms with Gasteiger partial charge in [-0.25, -0.2) is 5.43 Å². The second-order valence-corrected chi connectivity index (χ2v) is 6.15. The van der Waals surface area contributed by atoms with E-state index in [9.17, 15) is 14.9 Å². The number of carbonyl (C=O) groups excluding carboxylic acids is 1. The minimum absolute atomic E-state index is 0.0338. The van der Waals surface area contributed by atoms with Gasteiger partial charge in [-0.1, -0.05) is 11.6 Å². The quantitative estimate of drug-likeness (QED) is 0.350. The molecule has 2 aromatic carbocycles. The van der Waals surface area contributed by atoms with Gasteiger partial charge in [-0.05, 0) is 25.1 Å². The molecule has 0 atom stereocenters. The minimum Gasteiger partial charge on any atom is -0.493 e. The number of benzene rings is 2. The maximum atomic E-state index is 12.2. The Morgan fingerprint density at radius 1 is 1.31 bits per heavy atom. The summed E-state index contributed by atoms with van der Waals surface area (Å²) in [5.41, 5.74) is 3.09. The Morgan fingerprint density at radius 2 is 2.10 bits per heavy atom. The zero-order valence-corrected chi connectivity index (χ0v) is 16.2. The first-order valence-corrected chi connectivity index (χ1v) is 8.82. The fraction of sp³-hybridized carbons (Fsp3) is 0.158. The van der Waals surface area contributed by atoms with Gasteiger partial charge in [0.05, 0.1) is 29.9 Å². The Hall–Kier alpha value is -3.59. The Bertz CT molecular complexity index is 1110. The summed E-state index contributed by atoms with van der Waals surface area (Å²) in [7, 11) is 1.50. The maximum Gasteiger partial charge on any atom is 0.307 e. The molecule has 1 amide bonds. The van der Waals surface area contributed by atoms with Crippen LogP contribution in [0.5, 0.6) is 11.5 Å². The molecule has 29 heavy (non-hydrogen) atoms. The van der Waals surface area contributed by atoms with Crippen molar-refractivity contribution < 1.29 is 23.6 Å². The molecule has 0 fully saturated rings. The fourth-order valence-electron chi connectivity index (χ4n) is 2.55. The molecule has 10 heteroatoms. The average molecular weight is 418 g/mol. The number of methoxy groups -OCH3 is 1. The number of hydrogen-bond donors (Lipinski definition) is 1. The first-order valence-electron chi connectivity index (χ1n) is 8.44. The standard InChI is InChI=1S/C19H16ClN3O6/c1-3-28-17-8-12(14(20)9-16(17)27-2)10-21-22-19(24)18-7-11-6-13(23(25)26)4-5-15(11)29-18/h4-10H,3H2,1-2H3,(H,22,24)/b21-10-. The van der Waals surface area contributed by atoms with Gasteiger partial charge in [0, 0.05) is 29.1 Å². The molecular formula is C19H16ClN3O6. The first kappa shape index (κ1) is 20.2. The summed E-state index contributed by atoms with van der Waals surface area (Å²) in [6.45, 7) is 2.28. The molecule has 1 heterocycles. The molecule has 0 saturated carbocycles. The van der Waals surface area contributed by atoms with Crippen molar-refractivity contribution >= 4 is 40.4 Å². The second kappa shape index (κ2) is 8.61. The summed E-state index contributed by atoms with van der Waals surface area (Å²) >= 11 is 6.19. The number of nitrogens with zero attached hydrogens (tertiary/aromatic N) is 2. The van der Waals surface area contributed by atoms with Crippen LogP contribution in [-0.4, -0.2) is 30.8 Å². The number of nitro benzene ring substituents is 1. The van der Waals surface area contributed by atoms with Crippen LogP contribution in [-0.2, 0) is 0 Å². The highest BCUT2D eigenvalue weighted by Gasteiger charge is 2.15. The molecule has 0 spiro atoms. The number of rotatable bonds is 7. The molecule has 150 valence electrons. The molecule has 0 bridgehead atoms. The lowest BCUT2D eigenvalue weighted by molar-refractivity contribution is -0.384. The van der Waals surface area contributed by atoms with E-state index in [-0.39, 0.29) is 11.4 Å². The number of nitro groups is 1. The molecule has 1 N–H and O–H groups in total. The highest BCUT2D eigenvalue weighted by molar-refractivity contribution is 6.33. The predicted octanol–water partition coefficient (Wildman–Crippen LogP) is 4.17. The normalized spacial score (nSPS) is 11.0. The SMILES string of the molecule is CCOc1cc(/C=N\NC(=O)c2cc3cc([N+](=O)[O-])ccc3o2)c(Cl)cc1OC. The summed E-state index contributed by atoms with van der Waals surface area (Å²) in [5.74, 6) is 0.323. The molecule has 3 aromatic rings. The van der Waals surface area contributed by atoms with E-state index in [0.717, 1.165) is 0 Å². The number of nitrogens with one attached hydrogen (secondary N) is 1. The summed E-state index contributed by atoms with van der Waals surface area (Å²) in [5, 5.41) is 15.5. The van der Waals surface area contributed by atoms with E-state index in [1.54, 1.807) is 12.1 Å². The van der Waals surface area contributed by atoms with Crippen molar-refractivity contribution in [3.8, 4) is 11.5 Å². The average Bonchev–Trinajstić information content (AvgIpc) is 3.13. The van der Waals surface area contributed by atoms with E-state index in [4.69, 9.17) is 25.5 Å². The number of furan rings is 1. The lowest BCUT2D eigenvalue weighted by Gasteiger charge is -2.11. The monoisotopic (exact) mass is 417 g/mol. The predicted molar refractivity (Wildman–Crippen MR) is 107 cm³/mol. The number of halogens is 1. The third-order valence-electron chi connectivity index (χ3n) is 3.89. The minimum atomic E-state index is -0.616. The number of carbonyl (C=O) groups is 1. The van der Waals surface area contributed by atoms with Gasteiger partial charge in [0.1, 0.15) is 5.58 Å². The molecule has 0 saturated heterocycles. The van der Waals surface area contributed by atoms with Gasteiger partial charge in [0.25, 0.3) is 5.69 Å². The Balaban J connectivity index is 1.76. The number of hydrazone groups is 1. The van der Waals surface area contributed by atoms with Crippen LogP contribution in [0.4, 0.5) is 5.69 Å². The van der Waals surface area contributed by atoms with E-state index in [1.807, 2.05) is 6.92 Å². The van der Waals surface area contributed by atoms with Crippen LogP contribution in [0.15, 0.2) is 45.9 Å². The molecule has 9 nitrogen and oxygen atoms in total. The molecule has 0 unspecified atom stereocenters. The van der Waals surface area contributed by atoms with Crippen LogP contribution >= 0.6 is 11.6 Å².